The van der Waals surface area contributed by atoms with Gasteiger partial charge in [0.2, 0.25) is 10.0 Å². The van der Waals surface area contributed by atoms with Gasteiger partial charge >= 0.3 is 6.01 Å². The first-order valence-corrected chi connectivity index (χ1v) is 8.98. The summed E-state index contributed by atoms with van der Waals surface area (Å²) in [6.45, 7) is 0.998. The highest BCUT2D eigenvalue weighted by Gasteiger charge is 2.41. The van der Waals surface area contributed by atoms with Crippen molar-refractivity contribution in [2.45, 2.75) is 37.0 Å². The molecule has 0 bridgehead atoms. The molecule has 1 aliphatic carbocycles. The highest BCUT2D eigenvalue weighted by molar-refractivity contribution is 9.10. The maximum absolute atomic E-state index is 12.2. The van der Waals surface area contributed by atoms with E-state index < -0.39 is 10.0 Å². The van der Waals surface area contributed by atoms with E-state index in [-0.39, 0.29) is 11.4 Å². The molecule has 0 N–H and O–H groups in total. The predicted molar refractivity (Wildman–Crippen MR) is 76.9 cm³/mol. The Morgan fingerprint density at radius 1 is 1.25 bits per heavy atom. The van der Waals surface area contributed by atoms with Crippen molar-refractivity contribution in [2.24, 2.45) is 0 Å². The van der Waals surface area contributed by atoms with Gasteiger partial charge < -0.3 is 4.74 Å². The Morgan fingerprint density at radius 3 is 2.60 bits per heavy atom. The van der Waals surface area contributed by atoms with Crippen LogP contribution in [0.4, 0.5) is 0 Å². The lowest BCUT2D eigenvalue weighted by molar-refractivity contribution is 0.119. The number of rotatable bonds is 4. The average molecular weight is 362 g/mol. The first-order valence-electron chi connectivity index (χ1n) is 6.69. The average Bonchev–Trinajstić information content (AvgIpc) is 3.27. The van der Waals surface area contributed by atoms with E-state index in [4.69, 9.17) is 4.74 Å². The standard InChI is InChI=1S/C12H16BrN3O3S/c13-9-6-14-12(15-7-9)19-10-2-1-5-16(8-10)20(17,18)11-3-4-11/h6-7,10-11H,1-5,8H2. The molecule has 8 heteroatoms. The van der Waals surface area contributed by atoms with Crippen LogP contribution in [0.15, 0.2) is 16.9 Å². The summed E-state index contributed by atoms with van der Waals surface area (Å²) in [4.78, 5) is 8.12. The van der Waals surface area contributed by atoms with Crippen LogP contribution in [0.5, 0.6) is 6.01 Å². The fourth-order valence-electron chi connectivity index (χ4n) is 2.32. The first kappa shape index (κ1) is 14.2. The molecule has 110 valence electrons. The quantitative estimate of drug-likeness (QED) is 0.813. The molecule has 0 amide bonds. The van der Waals surface area contributed by atoms with Gasteiger partial charge in [0.1, 0.15) is 6.10 Å². The van der Waals surface area contributed by atoms with Crippen LogP contribution in [0.25, 0.3) is 0 Å². The van der Waals surface area contributed by atoms with Gasteiger partial charge in [-0.2, -0.15) is 4.31 Å². The summed E-state index contributed by atoms with van der Waals surface area (Å²) in [7, 11) is -3.12. The van der Waals surface area contributed by atoms with Crippen molar-refractivity contribution in [1.29, 1.82) is 0 Å². The van der Waals surface area contributed by atoms with Gasteiger partial charge in [-0.25, -0.2) is 18.4 Å². The van der Waals surface area contributed by atoms with Crippen molar-refractivity contribution in [2.75, 3.05) is 13.1 Å². The molecule has 1 aromatic rings. The summed E-state index contributed by atoms with van der Waals surface area (Å²) in [5.74, 6) is 0. The second kappa shape index (κ2) is 5.57. The highest BCUT2D eigenvalue weighted by Crippen LogP contribution is 2.32. The molecule has 0 spiro atoms. The number of nitrogens with zero attached hydrogens (tertiary/aromatic N) is 3. The zero-order valence-electron chi connectivity index (χ0n) is 10.9. The monoisotopic (exact) mass is 361 g/mol. The lowest BCUT2D eigenvalue weighted by atomic mass is 10.1. The first-order chi connectivity index (χ1) is 9.55. The van der Waals surface area contributed by atoms with Crippen molar-refractivity contribution in [3.63, 3.8) is 0 Å². The Kier molecular flexibility index (Phi) is 3.96. The third-order valence-corrected chi connectivity index (χ3v) is 6.29. The third kappa shape index (κ3) is 3.12. The number of aromatic nitrogens is 2. The van der Waals surface area contributed by atoms with Crippen LogP contribution in [0, 0.1) is 0 Å². The number of sulfonamides is 1. The second-order valence-electron chi connectivity index (χ2n) is 5.17. The Bertz CT molecular complexity index is 574. The minimum absolute atomic E-state index is 0.162. The summed E-state index contributed by atoms with van der Waals surface area (Å²) in [5.41, 5.74) is 0. The molecule has 6 nitrogen and oxygen atoms in total. The van der Waals surface area contributed by atoms with Crippen LogP contribution in [0.2, 0.25) is 0 Å². The summed E-state index contributed by atoms with van der Waals surface area (Å²) < 4.78 is 32.5. The minimum Gasteiger partial charge on any atom is -0.459 e. The fourth-order valence-corrected chi connectivity index (χ4v) is 4.44. The Labute approximate surface area is 126 Å². The van der Waals surface area contributed by atoms with Crippen molar-refractivity contribution in [3.8, 4) is 6.01 Å². The van der Waals surface area contributed by atoms with Crippen molar-refractivity contribution in [1.82, 2.24) is 14.3 Å². The lowest BCUT2D eigenvalue weighted by Crippen LogP contribution is -2.45. The summed E-state index contributed by atoms with van der Waals surface area (Å²) >= 11 is 3.26. The lowest BCUT2D eigenvalue weighted by Gasteiger charge is -2.31. The normalized spacial score (nSPS) is 24.6. The van der Waals surface area contributed by atoms with E-state index in [0.717, 1.165) is 30.2 Å². The molecule has 0 radical (unpaired) electrons. The zero-order valence-corrected chi connectivity index (χ0v) is 13.3. The van der Waals surface area contributed by atoms with E-state index in [0.29, 0.717) is 19.1 Å². The van der Waals surface area contributed by atoms with Gasteiger partial charge in [-0.05, 0) is 41.6 Å². The molecule has 1 aromatic heterocycles. The Balaban J connectivity index is 1.64. The fraction of sp³-hybridized carbons (Fsp3) is 0.667. The van der Waals surface area contributed by atoms with E-state index >= 15 is 0 Å². The molecule has 1 unspecified atom stereocenters. The number of ether oxygens (including phenoxy) is 1. The molecule has 2 aliphatic rings. The van der Waals surface area contributed by atoms with E-state index in [1.54, 1.807) is 16.7 Å². The van der Waals surface area contributed by atoms with Gasteiger partial charge in [0.05, 0.1) is 16.3 Å². The van der Waals surface area contributed by atoms with Crippen LogP contribution in [0.3, 0.4) is 0 Å². The van der Waals surface area contributed by atoms with Gasteiger partial charge in [0, 0.05) is 18.9 Å². The van der Waals surface area contributed by atoms with E-state index in [1.165, 1.54) is 0 Å². The van der Waals surface area contributed by atoms with Gasteiger partial charge in [0.15, 0.2) is 0 Å². The maximum Gasteiger partial charge on any atom is 0.316 e. The Morgan fingerprint density at radius 2 is 1.95 bits per heavy atom. The van der Waals surface area contributed by atoms with Crippen molar-refractivity contribution >= 4 is 26.0 Å². The molecule has 3 rings (SSSR count). The molecule has 1 saturated heterocycles. The van der Waals surface area contributed by atoms with Crippen molar-refractivity contribution in [3.05, 3.63) is 16.9 Å². The van der Waals surface area contributed by atoms with Crippen LogP contribution in [0.1, 0.15) is 25.7 Å². The predicted octanol–water partition coefficient (Wildman–Crippen LogP) is 1.57. The number of halogens is 1. The molecular weight excluding hydrogens is 346 g/mol. The number of piperidine rings is 1. The van der Waals surface area contributed by atoms with Crippen LogP contribution in [-0.4, -0.2) is 47.1 Å². The SMILES string of the molecule is O=S(=O)(C1CC1)N1CCCC(Oc2ncc(Br)cn2)C1. The summed E-state index contributed by atoms with van der Waals surface area (Å²) in [5, 5.41) is -0.162. The summed E-state index contributed by atoms with van der Waals surface area (Å²) in [6, 6.07) is 0.295. The van der Waals surface area contributed by atoms with Crippen LogP contribution in [-0.2, 0) is 10.0 Å². The molecule has 0 aromatic carbocycles. The largest absolute Gasteiger partial charge is 0.459 e. The molecule has 1 atom stereocenters. The topological polar surface area (TPSA) is 72.4 Å². The smallest absolute Gasteiger partial charge is 0.316 e. The van der Waals surface area contributed by atoms with Crippen molar-refractivity contribution < 1.29 is 13.2 Å². The van der Waals surface area contributed by atoms with Gasteiger partial charge in [-0.3, -0.25) is 0 Å². The Hall–Kier alpha value is -0.730. The number of hydrogen-bond donors (Lipinski definition) is 0. The molecule has 20 heavy (non-hydrogen) atoms. The summed E-state index contributed by atoms with van der Waals surface area (Å²) in [6.07, 6.45) is 6.29. The van der Waals surface area contributed by atoms with Gasteiger partial charge in [0.25, 0.3) is 0 Å². The van der Waals surface area contributed by atoms with Gasteiger partial charge in [-0.1, -0.05) is 0 Å². The number of hydrogen-bond acceptors (Lipinski definition) is 5. The zero-order chi connectivity index (χ0) is 14.2. The minimum atomic E-state index is -3.12. The van der Waals surface area contributed by atoms with E-state index in [1.807, 2.05) is 0 Å². The molecule has 1 aliphatic heterocycles. The van der Waals surface area contributed by atoms with Crippen LogP contribution < -0.4 is 4.74 Å². The van der Waals surface area contributed by atoms with E-state index in [2.05, 4.69) is 25.9 Å². The maximum atomic E-state index is 12.2. The third-order valence-electron chi connectivity index (χ3n) is 3.52. The molecule has 2 fully saturated rings. The van der Waals surface area contributed by atoms with Crippen LogP contribution >= 0.6 is 15.9 Å². The van der Waals surface area contributed by atoms with Gasteiger partial charge in [-0.15, -0.1) is 0 Å². The second-order valence-corrected chi connectivity index (χ2v) is 8.30. The molecule has 1 saturated carbocycles. The molecular formula is C12H16BrN3O3S. The highest BCUT2D eigenvalue weighted by atomic mass is 79.9. The molecule has 2 heterocycles. The van der Waals surface area contributed by atoms with E-state index in [9.17, 15) is 8.42 Å².